The van der Waals surface area contributed by atoms with Gasteiger partial charge in [-0.2, -0.15) is 0 Å². The minimum Gasteiger partial charge on any atom is -0.456 e. The summed E-state index contributed by atoms with van der Waals surface area (Å²) in [6.45, 7) is 10.4. The number of nitrogens with zero attached hydrogens (tertiary/aromatic N) is 3. The lowest BCUT2D eigenvalue weighted by Crippen LogP contribution is -2.77. The lowest BCUT2D eigenvalue weighted by molar-refractivity contribution is -0.172. The molecule has 0 aliphatic carbocycles. The third-order valence-electron chi connectivity index (χ3n) is 6.78. The highest BCUT2D eigenvalue weighted by Crippen LogP contribution is 2.45. The fourth-order valence-electron chi connectivity index (χ4n) is 5.64. The average molecular weight is 333 g/mol. The molecule has 0 saturated carbocycles. The molecule has 128 valence electrons. The van der Waals surface area contributed by atoms with Gasteiger partial charge in [-0.3, -0.25) is 14.7 Å². The molecule has 1 aromatic heterocycles. The highest BCUT2D eigenvalue weighted by Gasteiger charge is 2.54. The second-order valence-electron chi connectivity index (χ2n) is 8.26. The van der Waals surface area contributed by atoms with Crippen molar-refractivity contribution in [1.82, 2.24) is 14.7 Å². The summed E-state index contributed by atoms with van der Waals surface area (Å²) < 4.78 is 6.10. The Kier molecular flexibility index (Phi) is 2.65. The Morgan fingerprint density at radius 2 is 1.72 bits per heavy atom. The molecule has 0 radical (unpaired) electrons. The van der Waals surface area contributed by atoms with Crippen molar-refractivity contribution in [1.29, 1.82) is 0 Å². The van der Waals surface area contributed by atoms with Crippen LogP contribution >= 0.6 is 0 Å². The van der Waals surface area contributed by atoms with E-state index in [9.17, 15) is 0 Å². The lowest BCUT2D eigenvalue weighted by Gasteiger charge is -2.64. The predicted molar refractivity (Wildman–Crippen MR) is 99.4 cm³/mol. The van der Waals surface area contributed by atoms with Gasteiger partial charge in [0.05, 0.1) is 20.0 Å². The molecular formula is C21H23N3O. The van der Waals surface area contributed by atoms with Gasteiger partial charge < -0.3 is 4.42 Å². The first-order valence-corrected chi connectivity index (χ1v) is 9.25. The molecule has 0 spiro atoms. The summed E-state index contributed by atoms with van der Waals surface area (Å²) in [5.74, 6) is 0. The monoisotopic (exact) mass is 333 g/mol. The van der Waals surface area contributed by atoms with Gasteiger partial charge in [-0.15, -0.1) is 0 Å². The zero-order valence-corrected chi connectivity index (χ0v) is 14.8. The van der Waals surface area contributed by atoms with Crippen LogP contribution in [0.4, 0.5) is 0 Å². The molecule has 5 heterocycles. The topological polar surface area (TPSA) is 22.9 Å². The van der Waals surface area contributed by atoms with Gasteiger partial charge in [0.1, 0.15) is 11.2 Å². The maximum absolute atomic E-state index is 6.10. The Balaban J connectivity index is 1.61. The lowest BCUT2D eigenvalue weighted by atomic mass is 9.68. The molecule has 4 aliphatic heterocycles. The van der Waals surface area contributed by atoms with E-state index in [1.165, 1.54) is 35.0 Å². The number of benzene rings is 2. The first-order valence-electron chi connectivity index (χ1n) is 9.25. The highest BCUT2D eigenvalue weighted by atomic mass is 16.3. The Bertz CT molecular complexity index is 993. The van der Waals surface area contributed by atoms with Gasteiger partial charge >= 0.3 is 0 Å². The first-order chi connectivity index (χ1) is 12.1. The number of rotatable bonds is 1. The molecule has 25 heavy (non-hydrogen) atoms. The Hall–Kier alpha value is -1.88. The zero-order valence-electron chi connectivity index (χ0n) is 14.8. The van der Waals surface area contributed by atoms with Crippen LogP contribution in [0.3, 0.4) is 0 Å². The molecule has 4 aliphatic rings. The molecule has 4 heteroatoms. The van der Waals surface area contributed by atoms with Crippen molar-refractivity contribution < 1.29 is 4.42 Å². The fourth-order valence-corrected chi connectivity index (χ4v) is 5.64. The van der Waals surface area contributed by atoms with E-state index in [1.54, 1.807) is 0 Å². The summed E-state index contributed by atoms with van der Waals surface area (Å²) in [6, 6.07) is 13.7. The van der Waals surface area contributed by atoms with E-state index in [1.807, 2.05) is 6.07 Å². The maximum Gasteiger partial charge on any atom is 0.135 e. The summed E-state index contributed by atoms with van der Waals surface area (Å²) >= 11 is 0. The first kappa shape index (κ1) is 14.3. The SMILES string of the molecule is Cc1cc2oc3ccccc3c2cc1C12CN3CN(CN(C3)[C@@H]1C)C2. The molecule has 2 aromatic carbocycles. The van der Waals surface area contributed by atoms with Gasteiger partial charge in [0.25, 0.3) is 0 Å². The maximum atomic E-state index is 6.10. The average Bonchev–Trinajstić information content (AvgIpc) is 2.95. The van der Waals surface area contributed by atoms with Gasteiger partial charge in [-0.25, -0.2) is 0 Å². The van der Waals surface area contributed by atoms with Crippen LogP contribution in [-0.4, -0.2) is 53.8 Å². The van der Waals surface area contributed by atoms with Crippen molar-refractivity contribution in [2.24, 2.45) is 0 Å². The molecule has 4 nitrogen and oxygen atoms in total. The molecule has 3 atom stereocenters. The van der Waals surface area contributed by atoms with Crippen molar-refractivity contribution in [2.45, 2.75) is 25.3 Å². The van der Waals surface area contributed by atoms with E-state index in [4.69, 9.17) is 4.42 Å². The van der Waals surface area contributed by atoms with Crippen molar-refractivity contribution in [2.75, 3.05) is 33.1 Å². The van der Waals surface area contributed by atoms with Crippen LogP contribution in [0, 0.1) is 6.92 Å². The minimum atomic E-state index is 0.200. The van der Waals surface area contributed by atoms with Crippen LogP contribution in [0.15, 0.2) is 40.8 Å². The van der Waals surface area contributed by atoms with Crippen molar-refractivity contribution >= 4 is 21.9 Å². The summed E-state index contributed by atoms with van der Waals surface area (Å²) in [5.41, 5.74) is 5.08. The van der Waals surface area contributed by atoms with Crippen LogP contribution in [0.2, 0.25) is 0 Å². The highest BCUT2D eigenvalue weighted by molar-refractivity contribution is 6.05. The molecule has 2 unspecified atom stereocenters. The van der Waals surface area contributed by atoms with Gasteiger partial charge in [0.2, 0.25) is 0 Å². The predicted octanol–water partition coefficient (Wildman–Crippen LogP) is 3.34. The molecule has 0 N–H and O–H groups in total. The molecular weight excluding hydrogens is 310 g/mol. The van der Waals surface area contributed by atoms with E-state index in [0.717, 1.165) is 31.2 Å². The van der Waals surface area contributed by atoms with Crippen molar-refractivity contribution in [3.05, 3.63) is 47.5 Å². The van der Waals surface area contributed by atoms with Crippen LogP contribution in [-0.2, 0) is 5.41 Å². The smallest absolute Gasteiger partial charge is 0.135 e. The third-order valence-corrected chi connectivity index (χ3v) is 6.78. The number of hydrogen-bond acceptors (Lipinski definition) is 4. The van der Waals surface area contributed by atoms with E-state index >= 15 is 0 Å². The molecule has 0 amide bonds. The number of aryl methyl sites for hydroxylation is 1. The fraction of sp³-hybridized carbons (Fsp3) is 0.429. The number of para-hydroxylation sites is 1. The molecule has 4 saturated heterocycles. The molecule has 7 rings (SSSR count). The van der Waals surface area contributed by atoms with E-state index in [2.05, 4.69) is 58.9 Å². The zero-order chi connectivity index (χ0) is 16.8. The van der Waals surface area contributed by atoms with Crippen LogP contribution in [0.1, 0.15) is 18.1 Å². The Morgan fingerprint density at radius 1 is 0.960 bits per heavy atom. The standard InChI is InChI=1S/C21H23N3O/c1-14-7-20-17(16-5-3-4-6-19(16)25-20)8-18(14)21-9-22-11-23(10-21)13-24(12-22)15(21)2/h3-8,15H,9-13H2,1-2H3/t15-/m1/s1. The van der Waals surface area contributed by atoms with Gasteiger partial charge in [-0.1, -0.05) is 18.2 Å². The third kappa shape index (κ3) is 1.77. The van der Waals surface area contributed by atoms with Crippen molar-refractivity contribution in [3.63, 3.8) is 0 Å². The summed E-state index contributed by atoms with van der Waals surface area (Å²) in [7, 11) is 0. The second-order valence-corrected chi connectivity index (χ2v) is 8.26. The summed E-state index contributed by atoms with van der Waals surface area (Å²) in [6.07, 6.45) is 0. The number of furan rings is 1. The quantitative estimate of drug-likeness (QED) is 0.681. The largest absolute Gasteiger partial charge is 0.456 e. The van der Waals surface area contributed by atoms with E-state index in [0.29, 0.717) is 6.04 Å². The Morgan fingerprint density at radius 3 is 2.52 bits per heavy atom. The van der Waals surface area contributed by atoms with Gasteiger partial charge in [-0.05, 0) is 43.2 Å². The molecule has 4 fully saturated rings. The van der Waals surface area contributed by atoms with Crippen LogP contribution in [0.25, 0.3) is 21.9 Å². The minimum absolute atomic E-state index is 0.200. The molecule has 3 aromatic rings. The van der Waals surface area contributed by atoms with Gasteiger partial charge in [0.15, 0.2) is 0 Å². The van der Waals surface area contributed by atoms with E-state index < -0.39 is 0 Å². The summed E-state index contributed by atoms with van der Waals surface area (Å²) in [5, 5.41) is 2.50. The van der Waals surface area contributed by atoms with Gasteiger partial charge in [0, 0.05) is 35.3 Å². The molecule has 4 bridgehead atoms. The van der Waals surface area contributed by atoms with E-state index in [-0.39, 0.29) is 5.41 Å². The second kappa shape index (κ2) is 4.64. The van der Waals surface area contributed by atoms with Crippen molar-refractivity contribution in [3.8, 4) is 0 Å². The summed E-state index contributed by atoms with van der Waals surface area (Å²) in [4.78, 5) is 7.84. The number of fused-ring (bicyclic) bond motifs is 3. The van der Waals surface area contributed by atoms with Crippen LogP contribution < -0.4 is 0 Å². The van der Waals surface area contributed by atoms with Crippen LogP contribution in [0.5, 0.6) is 0 Å². The normalized spacial score (nSPS) is 36.6. The Labute approximate surface area is 147 Å². The number of hydrogen-bond donors (Lipinski definition) is 0.